The molecule has 0 heterocycles. The number of methoxy groups -OCH3 is 3. The zero-order chi connectivity index (χ0) is 58.4. The van der Waals surface area contributed by atoms with Gasteiger partial charge in [0.15, 0.2) is 69.8 Å². The normalized spacial score (nSPS) is 11.5. The molecule has 0 aromatic heterocycles. The van der Waals surface area contributed by atoms with E-state index in [4.69, 9.17) is 28.4 Å². The molecule has 6 nitrogen and oxygen atoms in total. The van der Waals surface area contributed by atoms with E-state index in [0.29, 0.717) is 39.6 Å². The molecule has 0 radical (unpaired) electrons. The summed E-state index contributed by atoms with van der Waals surface area (Å²) < 4.78 is 331. The Morgan fingerprint density at radius 2 is 0.443 bits per heavy atom. The molecule has 7 aromatic rings. The molecule has 7 aromatic carbocycles. The Morgan fingerprint density at radius 3 is 0.633 bits per heavy atom. The first-order valence-electron chi connectivity index (χ1n) is 22.1. The SMILES string of the molecule is COCCOc1ccccc1[Se+](c1ccccc1OCCOC)c1ccccc1OCCOC.Fc1c(F)c(F)c([B-](c2c(F)c(F)c(F)c(F)c2F)(c2c(F)c(F)c(F)c(F)c2F)c2c(F)c(F)c(F)c(F)c2F)c(F)c1F. The van der Waals surface area contributed by atoms with Crippen molar-refractivity contribution >= 4 is 55.3 Å². The third-order valence-corrected chi connectivity index (χ3v) is 16.4. The summed E-state index contributed by atoms with van der Waals surface area (Å²) in [6.07, 6.45) is -7.22. The summed E-state index contributed by atoms with van der Waals surface area (Å²) in [7, 11) is 5.02. The Morgan fingerprint density at radius 1 is 0.266 bits per heavy atom. The molecule has 0 bridgehead atoms. The molecule has 422 valence electrons. The van der Waals surface area contributed by atoms with E-state index in [1.54, 1.807) is 21.3 Å². The molecular weight excluding hydrogens is 1180 g/mol. The monoisotopic (exact) mass is 1210 g/mol. The van der Waals surface area contributed by atoms with E-state index >= 15 is 35.1 Å². The van der Waals surface area contributed by atoms with Crippen molar-refractivity contribution in [2.75, 3.05) is 61.0 Å². The fourth-order valence-electron chi connectivity index (χ4n) is 8.15. The van der Waals surface area contributed by atoms with Crippen LogP contribution in [0.1, 0.15) is 0 Å². The standard InChI is InChI=1S/C27H33O6Se.C24BF20/c1-28-16-19-31-22-10-4-7-13-25(22)34(26-14-8-5-11-23(26)32-20-17-29-2)27-15-9-6-12-24(27)33-21-18-30-3;26-5-1(6(27)14(35)21(42)13(5)34)25(2-7(28)15(36)22(43)16(37)8(2)29,3-9(30)17(38)23(44)18(39)10(3)31)4-11(32)19(40)24(45)20(41)12(4)33/h4-15H,16-21H2,1-3H3;/q+1;-1. The number of benzene rings is 7. The van der Waals surface area contributed by atoms with E-state index in [1.807, 2.05) is 36.4 Å². The number of rotatable bonds is 19. The Kier molecular flexibility index (Phi) is 20.0. The van der Waals surface area contributed by atoms with Crippen molar-refractivity contribution in [3.05, 3.63) is 189 Å². The van der Waals surface area contributed by atoms with Gasteiger partial charge in [-0.3, -0.25) is 0 Å². The van der Waals surface area contributed by atoms with Crippen LogP contribution in [-0.4, -0.2) is 81.0 Å². The molecule has 0 N–H and O–H groups in total. The number of hydrogen-bond acceptors (Lipinski definition) is 6. The van der Waals surface area contributed by atoms with E-state index in [1.165, 1.54) is 0 Å². The minimum atomic E-state index is -7.22. The van der Waals surface area contributed by atoms with Crippen LogP contribution in [-0.2, 0) is 14.2 Å². The van der Waals surface area contributed by atoms with Crippen LogP contribution in [0.3, 0.4) is 0 Å². The third-order valence-electron chi connectivity index (χ3n) is 11.5. The molecule has 0 saturated carbocycles. The molecule has 28 heteroatoms. The molecule has 7 rings (SSSR count). The van der Waals surface area contributed by atoms with Gasteiger partial charge < -0.3 is 0 Å². The Hall–Kier alpha value is -7.00. The first kappa shape index (κ1) is 61.2. The van der Waals surface area contributed by atoms with Gasteiger partial charge in [-0.15, -0.1) is 21.9 Å². The summed E-state index contributed by atoms with van der Waals surface area (Å²) in [6, 6.07) is 24.6. The summed E-state index contributed by atoms with van der Waals surface area (Å²) in [5, 5.41) is 0. The van der Waals surface area contributed by atoms with E-state index in [0.717, 1.165) is 30.6 Å². The first-order valence-corrected chi connectivity index (χ1v) is 24.7. The topological polar surface area (TPSA) is 55.4 Å². The average Bonchev–Trinajstić information content (AvgIpc) is 3.63. The Labute approximate surface area is 437 Å². The fourth-order valence-corrected chi connectivity index (χ4v) is 13.1. The Bertz CT molecular complexity index is 2880. The minimum absolute atomic E-state index is 0.477. The van der Waals surface area contributed by atoms with Gasteiger partial charge in [0.1, 0.15) is 52.7 Å². The molecule has 0 aliphatic rings. The summed E-state index contributed by atoms with van der Waals surface area (Å²) in [6.45, 7) is 2.99. The molecule has 0 amide bonds. The molecule has 0 fully saturated rings. The molecule has 0 atom stereocenters. The van der Waals surface area contributed by atoms with Crippen LogP contribution in [0.15, 0.2) is 72.8 Å². The summed E-state index contributed by atoms with van der Waals surface area (Å²) in [5.41, 5.74) is -14.3. The smallest absolute Gasteiger partial charge is 0.200 e. The molecule has 0 spiro atoms. The van der Waals surface area contributed by atoms with Gasteiger partial charge >= 0.3 is 207 Å². The van der Waals surface area contributed by atoms with Crippen LogP contribution in [0.4, 0.5) is 87.8 Å². The quantitative estimate of drug-likeness (QED) is 0.0269. The minimum Gasteiger partial charge on any atom is -0.207 e. The van der Waals surface area contributed by atoms with Crippen molar-refractivity contribution < 1.29 is 116 Å². The second kappa shape index (κ2) is 25.9. The second-order valence-electron chi connectivity index (χ2n) is 16.0. The number of para-hydroxylation sites is 3. The largest absolute Gasteiger partial charge is 0.207 e. The van der Waals surface area contributed by atoms with Crippen LogP contribution in [0.2, 0.25) is 0 Å². The van der Waals surface area contributed by atoms with Gasteiger partial charge in [0.05, 0.1) is 0 Å². The number of ether oxygens (including phenoxy) is 6. The van der Waals surface area contributed by atoms with Gasteiger partial charge in [0.2, 0.25) is 0 Å². The van der Waals surface area contributed by atoms with Crippen LogP contribution >= 0.6 is 0 Å². The number of halogens is 20. The van der Waals surface area contributed by atoms with Crippen LogP contribution in [0, 0.1) is 116 Å². The zero-order valence-corrected chi connectivity index (χ0v) is 41.9. The molecular formula is C51H33BF20O6Se. The van der Waals surface area contributed by atoms with Crippen molar-refractivity contribution in [1.82, 2.24) is 0 Å². The van der Waals surface area contributed by atoms with Gasteiger partial charge in [0, 0.05) is 0 Å². The van der Waals surface area contributed by atoms with Gasteiger partial charge in [-0.2, -0.15) is 0 Å². The van der Waals surface area contributed by atoms with E-state index in [2.05, 4.69) is 36.4 Å². The average molecular weight is 1210 g/mol. The van der Waals surface area contributed by atoms with Crippen LogP contribution < -0.4 is 49.4 Å². The predicted octanol–water partition coefficient (Wildman–Crippen LogP) is 8.12. The van der Waals surface area contributed by atoms with Crippen molar-refractivity contribution in [2.24, 2.45) is 0 Å². The van der Waals surface area contributed by atoms with Crippen molar-refractivity contribution in [2.45, 2.75) is 0 Å². The van der Waals surface area contributed by atoms with Gasteiger partial charge in [0.25, 0.3) is 0 Å². The van der Waals surface area contributed by atoms with Crippen molar-refractivity contribution in [3.63, 3.8) is 0 Å². The van der Waals surface area contributed by atoms with Crippen molar-refractivity contribution in [3.8, 4) is 17.2 Å². The molecule has 0 saturated heterocycles. The maximum atomic E-state index is 15.4. The molecule has 0 aliphatic carbocycles. The predicted molar refractivity (Wildman–Crippen MR) is 245 cm³/mol. The Balaban J connectivity index is 0.000000265. The second-order valence-corrected chi connectivity index (χ2v) is 20.0. The zero-order valence-electron chi connectivity index (χ0n) is 40.2. The van der Waals surface area contributed by atoms with Crippen molar-refractivity contribution in [1.29, 1.82) is 0 Å². The number of hydrogen-bond donors (Lipinski definition) is 0. The summed E-state index contributed by atoms with van der Waals surface area (Å²) in [4.78, 5) is 0. The molecule has 0 unspecified atom stereocenters. The van der Waals surface area contributed by atoms with E-state index in [9.17, 15) is 52.7 Å². The van der Waals surface area contributed by atoms with E-state index in [-0.39, 0.29) is 0 Å². The molecule has 79 heavy (non-hydrogen) atoms. The first-order chi connectivity index (χ1) is 37.5. The van der Waals surface area contributed by atoms with Crippen LogP contribution in [0.25, 0.3) is 0 Å². The summed E-state index contributed by atoms with van der Waals surface area (Å²) >= 11 is -1.89. The maximum Gasteiger partial charge on any atom is 0.200 e. The van der Waals surface area contributed by atoms with Crippen LogP contribution in [0.5, 0.6) is 17.2 Å². The van der Waals surface area contributed by atoms with Gasteiger partial charge in [-0.05, 0) is 0 Å². The van der Waals surface area contributed by atoms with Gasteiger partial charge in [-0.1, -0.05) is 0 Å². The maximum absolute atomic E-state index is 15.4. The molecule has 0 aliphatic heterocycles. The van der Waals surface area contributed by atoms with E-state index < -0.39 is 158 Å². The fraction of sp³-hybridized carbons (Fsp3) is 0.176. The summed E-state index contributed by atoms with van der Waals surface area (Å²) in [5.74, 6) is -68.9. The third kappa shape index (κ3) is 11.3. The van der Waals surface area contributed by atoms with Gasteiger partial charge in [-0.25, -0.2) is 87.8 Å².